The summed E-state index contributed by atoms with van der Waals surface area (Å²) in [6.45, 7) is 5.25. The van der Waals surface area contributed by atoms with Gasteiger partial charge in [0.1, 0.15) is 21.6 Å². The minimum Gasteiger partial charge on any atom is -0.347 e. The number of nitrogens with zero attached hydrogens (tertiary/aromatic N) is 6. The Morgan fingerprint density at radius 1 is 1.09 bits per heavy atom. The molecule has 0 saturated carbocycles. The average Bonchev–Trinajstić information content (AvgIpc) is 3.75. The number of nitrogens with one attached hydrogen (secondary N) is 1. The van der Waals surface area contributed by atoms with Crippen LogP contribution in [-0.2, 0) is 13.1 Å². The molecule has 6 rings (SSSR count). The summed E-state index contributed by atoms with van der Waals surface area (Å²) in [5, 5.41) is 17.3. The van der Waals surface area contributed by atoms with Gasteiger partial charge in [0.05, 0.1) is 5.69 Å². The van der Waals surface area contributed by atoms with Gasteiger partial charge in [0.25, 0.3) is 0 Å². The van der Waals surface area contributed by atoms with E-state index in [4.69, 9.17) is 16.6 Å². The number of hydrogen-bond donors (Lipinski definition) is 1. The predicted octanol–water partition coefficient (Wildman–Crippen LogP) is 8.80. The van der Waals surface area contributed by atoms with Crippen molar-refractivity contribution in [3.05, 3.63) is 75.2 Å². The van der Waals surface area contributed by atoms with E-state index in [0.717, 1.165) is 47.2 Å². The predicted molar refractivity (Wildman–Crippen MR) is 171 cm³/mol. The van der Waals surface area contributed by atoms with Gasteiger partial charge in [-0.2, -0.15) is 23.5 Å². The molecule has 7 nitrogen and oxygen atoms in total. The molecule has 0 aliphatic carbocycles. The number of alkyl halides is 3. The second-order valence-electron chi connectivity index (χ2n) is 10.4. The van der Waals surface area contributed by atoms with E-state index in [1.54, 1.807) is 34.9 Å². The normalized spacial score (nSPS) is 14.7. The van der Waals surface area contributed by atoms with Crippen LogP contribution < -0.4 is 5.43 Å². The Balaban J connectivity index is 1.34. The second-order valence-corrected chi connectivity index (χ2v) is 12.7. The van der Waals surface area contributed by atoms with Gasteiger partial charge in [-0.1, -0.05) is 41.5 Å². The summed E-state index contributed by atoms with van der Waals surface area (Å²) < 4.78 is 45.5. The van der Waals surface area contributed by atoms with Crippen LogP contribution in [0, 0.1) is 11.3 Å². The quantitative estimate of drug-likeness (QED) is 0.134. The van der Waals surface area contributed by atoms with Crippen molar-refractivity contribution in [2.75, 3.05) is 18.5 Å². The van der Waals surface area contributed by atoms with Crippen molar-refractivity contribution in [1.82, 2.24) is 19.4 Å². The Kier molecular flexibility index (Phi) is 8.73. The number of hydrazone groups is 1. The van der Waals surface area contributed by atoms with E-state index in [0.29, 0.717) is 33.7 Å². The molecule has 0 spiro atoms. The fourth-order valence-electron chi connectivity index (χ4n) is 5.37. The van der Waals surface area contributed by atoms with Crippen LogP contribution in [-0.4, -0.2) is 44.4 Å². The maximum atomic E-state index is 14.6. The minimum absolute atomic E-state index is 0.0521. The first-order chi connectivity index (χ1) is 21.2. The van der Waals surface area contributed by atoms with E-state index >= 15 is 0 Å². The molecule has 44 heavy (non-hydrogen) atoms. The standard InChI is InChI=1S/C31H27ClF3N7S2/c1-2-42-17-24(23-14-20(8-11-25(23)42)29-37-22(18-43-29)16-41-12-4-3-5-13-41)28(31(33,34)35)39-40-30-38-27(26(15-36)44-30)19-6-9-21(32)10-7-19/h6-11,14,17-18H,2-5,12-13,16H2,1H3,(H,38,40)/b39-28-. The van der Waals surface area contributed by atoms with Gasteiger partial charge in [-0.3, -0.25) is 10.3 Å². The van der Waals surface area contributed by atoms with E-state index in [1.807, 2.05) is 24.4 Å². The molecule has 1 saturated heterocycles. The fraction of sp³-hybridized carbons (Fsp3) is 0.290. The molecule has 226 valence electrons. The maximum Gasteiger partial charge on any atom is 0.435 e. The summed E-state index contributed by atoms with van der Waals surface area (Å²) in [4.78, 5) is 11.8. The molecule has 1 fully saturated rings. The molecule has 0 unspecified atom stereocenters. The number of hydrogen-bond acceptors (Lipinski definition) is 8. The number of thiazole rings is 2. The summed E-state index contributed by atoms with van der Waals surface area (Å²) >= 11 is 8.39. The van der Waals surface area contributed by atoms with Crippen molar-refractivity contribution < 1.29 is 13.2 Å². The third kappa shape index (κ3) is 6.37. The molecular formula is C31H27ClF3N7S2. The number of halogens is 4. The summed E-state index contributed by atoms with van der Waals surface area (Å²) in [6, 6.07) is 14.3. The highest BCUT2D eigenvalue weighted by atomic mass is 35.5. The molecular weight excluding hydrogens is 627 g/mol. The van der Waals surface area contributed by atoms with Crippen molar-refractivity contribution in [2.24, 2.45) is 5.10 Å². The molecule has 1 N–H and O–H groups in total. The first kappa shape index (κ1) is 30.3. The minimum atomic E-state index is -4.77. The summed E-state index contributed by atoms with van der Waals surface area (Å²) in [5.74, 6) is 0. The van der Waals surface area contributed by atoms with E-state index in [9.17, 15) is 18.4 Å². The van der Waals surface area contributed by atoms with Gasteiger partial charge in [-0.25, -0.2) is 9.97 Å². The highest BCUT2D eigenvalue weighted by Gasteiger charge is 2.39. The smallest absolute Gasteiger partial charge is 0.347 e. The lowest BCUT2D eigenvalue weighted by Gasteiger charge is -2.25. The largest absolute Gasteiger partial charge is 0.435 e. The lowest BCUT2D eigenvalue weighted by atomic mass is 10.1. The van der Waals surface area contributed by atoms with E-state index in [2.05, 4.69) is 26.5 Å². The van der Waals surface area contributed by atoms with E-state index in [-0.39, 0.29) is 15.6 Å². The monoisotopic (exact) mass is 653 g/mol. The van der Waals surface area contributed by atoms with Crippen LogP contribution in [0.5, 0.6) is 0 Å². The van der Waals surface area contributed by atoms with Crippen LogP contribution in [0.1, 0.15) is 42.3 Å². The van der Waals surface area contributed by atoms with Gasteiger partial charge in [0, 0.05) is 57.3 Å². The lowest BCUT2D eigenvalue weighted by Crippen LogP contribution is -2.29. The Labute approximate surface area is 265 Å². The topological polar surface area (TPSA) is 82.1 Å². The number of fused-ring (bicyclic) bond motifs is 1. The molecule has 1 aliphatic rings. The number of aromatic nitrogens is 3. The summed E-state index contributed by atoms with van der Waals surface area (Å²) in [6.07, 6.45) is 0.343. The molecule has 13 heteroatoms. The highest BCUT2D eigenvalue weighted by Crippen LogP contribution is 2.35. The number of aryl methyl sites for hydroxylation is 1. The van der Waals surface area contributed by atoms with E-state index < -0.39 is 11.9 Å². The molecule has 0 amide bonds. The molecule has 3 aromatic heterocycles. The number of nitriles is 1. The van der Waals surface area contributed by atoms with Gasteiger partial charge >= 0.3 is 6.18 Å². The Morgan fingerprint density at radius 2 is 1.84 bits per heavy atom. The zero-order chi connectivity index (χ0) is 30.8. The number of benzene rings is 2. The van der Waals surface area contributed by atoms with Crippen molar-refractivity contribution >= 4 is 56.0 Å². The molecule has 4 heterocycles. The molecule has 1 aliphatic heterocycles. The van der Waals surface area contributed by atoms with Crippen molar-refractivity contribution in [1.29, 1.82) is 5.26 Å². The third-order valence-electron chi connectivity index (χ3n) is 7.49. The number of rotatable bonds is 8. The van der Waals surface area contributed by atoms with Crippen LogP contribution in [0.15, 0.2) is 59.1 Å². The molecule has 2 aromatic carbocycles. The molecule has 0 atom stereocenters. The zero-order valence-electron chi connectivity index (χ0n) is 23.7. The SMILES string of the molecule is CCn1cc(/C(=N/Nc2nc(-c3ccc(Cl)cc3)c(C#N)s2)C(F)(F)F)c2cc(-c3nc(CN4CCCCC4)cs3)ccc21. The molecule has 0 bridgehead atoms. The van der Waals surface area contributed by atoms with E-state index in [1.165, 1.54) is 36.8 Å². The number of anilines is 1. The van der Waals surface area contributed by atoms with Crippen molar-refractivity contribution in [3.63, 3.8) is 0 Å². The van der Waals surface area contributed by atoms with Crippen molar-refractivity contribution in [3.8, 4) is 27.9 Å². The van der Waals surface area contributed by atoms with Gasteiger partial charge in [0.2, 0.25) is 5.13 Å². The lowest BCUT2D eigenvalue weighted by molar-refractivity contribution is -0.0580. The van der Waals surface area contributed by atoms with Crippen molar-refractivity contribution in [2.45, 2.75) is 45.5 Å². The Morgan fingerprint density at radius 3 is 2.55 bits per heavy atom. The zero-order valence-corrected chi connectivity index (χ0v) is 26.0. The molecule has 0 radical (unpaired) electrons. The molecule has 5 aromatic rings. The van der Waals surface area contributed by atoms with Gasteiger partial charge in [0.15, 0.2) is 5.71 Å². The highest BCUT2D eigenvalue weighted by molar-refractivity contribution is 7.16. The van der Waals surface area contributed by atoms with Gasteiger partial charge < -0.3 is 4.57 Å². The summed E-state index contributed by atoms with van der Waals surface area (Å²) in [5.41, 5.74) is 4.70. The van der Waals surface area contributed by atoms with Crippen LogP contribution in [0.3, 0.4) is 0 Å². The first-order valence-corrected chi connectivity index (χ1v) is 16.2. The number of likely N-dealkylation sites (tertiary alicyclic amines) is 1. The average molecular weight is 654 g/mol. The van der Waals surface area contributed by atoms with Gasteiger partial charge in [-0.05, 0) is 63.2 Å². The van der Waals surface area contributed by atoms with Crippen LogP contribution in [0.4, 0.5) is 18.3 Å². The number of piperidine rings is 1. The fourth-order valence-corrected chi connectivity index (χ4v) is 7.03. The third-order valence-corrected chi connectivity index (χ3v) is 9.54. The van der Waals surface area contributed by atoms with Crippen LogP contribution in [0.2, 0.25) is 5.02 Å². The van der Waals surface area contributed by atoms with Crippen LogP contribution in [0.25, 0.3) is 32.7 Å². The Bertz CT molecular complexity index is 1860. The first-order valence-electron chi connectivity index (χ1n) is 14.1. The van der Waals surface area contributed by atoms with Crippen LogP contribution >= 0.6 is 34.3 Å². The van der Waals surface area contributed by atoms with Gasteiger partial charge in [-0.15, -0.1) is 11.3 Å². The summed E-state index contributed by atoms with van der Waals surface area (Å²) in [7, 11) is 0. The second kappa shape index (κ2) is 12.7. The Hall–Kier alpha value is -3.76. The maximum absolute atomic E-state index is 14.6.